The largest absolute Gasteiger partial charge is 0.495 e. The monoisotopic (exact) mass is 450 g/mol. The number of hydrogen-bond donors (Lipinski definition) is 1. The molecule has 2 aromatic heterocycles. The molecular formula is C24H30N6O3. The van der Waals surface area contributed by atoms with Gasteiger partial charge < -0.3 is 19.7 Å². The first-order valence-corrected chi connectivity index (χ1v) is 11.1. The van der Waals surface area contributed by atoms with E-state index in [0.29, 0.717) is 43.3 Å². The smallest absolute Gasteiger partial charge is 0.224 e. The molecule has 9 nitrogen and oxygen atoms in total. The number of nitrogens with zero attached hydrogens (tertiary/aromatic N) is 5. The molecule has 0 aliphatic carbocycles. The first-order chi connectivity index (χ1) is 16.0. The van der Waals surface area contributed by atoms with Crippen LogP contribution in [-0.4, -0.2) is 59.1 Å². The summed E-state index contributed by atoms with van der Waals surface area (Å²) < 4.78 is 12.6. The van der Waals surface area contributed by atoms with Crippen molar-refractivity contribution in [3.8, 4) is 11.6 Å². The van der Waals surface area contributed by atoms with Crippen LogP contribution in [0.25, 0.3) is 5.82 Å². The minimum absolute atomic E-state index is 0.0675. The summed E-state index contributed by atoms with van der Waals surface area (Å²) in [5.74, 6) is 2.16. The lowest BCUT2D eigenvalue weighted by Gasteiger charge is -2.27. The van der Waals surface area contributed by atoms with Crippen LogP contribution in [0.3, 0.4) is 0 Å². The van der Waals surface area contributed by atoms with Gasteiger partial charge in [-0.15, -0.1) is 0 Å². The summed E-state index contributed by atoms with van der Waals surface area (Å²) in [4.78, 5) is 23.7. The molecule has 3 heterocycles. The molecule has 1 aromatic carbocycles. The molecule has 0 radical (unpaired) electrons. The molecular weight excluding hydrogens is 420 g/mol. The van der Waals surface area contributed by atoms with E-state index in [1.165, 1.54) is 0 Å². The summed E-state index contributed by atoms with van der Waals surface area (Å²) in [5.41, 5.74) is 4.65. The Balaban J connectivity index is 1.47. The molecule has 0 atom stereocenters. The van der Waals surface area contributed by atoms with Crippen molar-refractivity contribution in [2.45, 2.75) is 33.6 Å². The third-order valence-electron chi connectivity index (χ3n) is 5.86. The summed E-state index contributed by atoms with van der Waals surface area (Å²) in [5, 5.41) is 7.67. The molecule has 1 amide bonds. The van der Waals surface area contributed by atoms with Crippen molar-refractivity contribution < 1.29 is 14.3 Å². The Kier molecular flexibility index (Phi) is 6.88. The first-order valence-electron chi connectivity index (χ1n) is 11.1. The van der Waals surface area contributed by atoms with E-state index in [-0.39, 0.29) is 5.91 Å². The zero-order chi connectivity index (χ0) is 23.4. The van der Waals surface area contributed by atoms with Gasteiger partial charge in [-0.05, 0) is 50.5 Å². The molecule has 0 unspecified atom stereocenters. The van der Waals surface area contributed by atoms with Gasteiger partial charge in [0.15, 0.2) is 5.82 Å². The van der Waals surface area contributed by atoms with Gasteiger partial charge in [0.2, 0.25) is 5.91 Å². The van der Waals surface area contributed by atoms with Gasteiger partial charge in [-0.25, -0.2) is 14.6 Å². The van der Waals surface area contributed by atoms with Crippen LogP contribution in [0.2, 0.25) is 0 Å². The van der Waals surface area contributed by atoms with Crippen molar-refractivity contribution in [3.63, 3.8) is 0 Å². The number of methoxy groups -OCH3 is 1. The van der Waals surface area contributed by atoms with Gasteiger partial charge in [0.05, 0.1) is 31.7 Å². The SMILES string of the molecule is COc1ccc(C)cc1NC(=O)CCc1c(C)nn(-c2cc(N3CCOCC3)ncn2)c1C. The highest BCUT2D eigenvalue weighted by Crippen LogP contribution is 2.26. The normalized spacial score (nSPS) is 13.8. The van der Waals surface area contributed by atoms with Gasteiger partial charge in [-0.2, -0.15) is 5.10 Å². The Morgan fingerprint density at radius 3 is 2.64 bits per heavy atom. The Morgan fingerprint density at radius 2 is 1.88 bits per heavy atom. The number of ether oxygens (including phenoxy) is 2. The Morgan fingerprint density at radius 1 is 1.12 bits per heavy atom. The topological polar surface area (TPSA) is 94.4 Å². The number of carbonyl (C=O) groups is 1. The van der Waals surface area contributed by atoms with Crippen molar-refractivity contribution >= 4 is 17.4 Å². The van der Waals surface area contributed by atoms with E-state index in [9.17, 15) is 4.79 Å². The number of aromatic nitrogens is 4. The maximum absolute atomic E-state index is 12.7. The molecule has 174 valence electrons. The van der Waals surface area contributed by atoms with Crippen LogP contribution in [0.5, 0.6) is 5.75 Å². The Labute approximate surface area is 193 Å². The molecule has 1 N–H and O–H groups in total. The number of aryl methyl sites for hydroxylation is 2. The van der Waals surface area contributed by atoms with Gasteiger partial charge in [-0.3, -0.25) is 4.79 Å². The van der Waals surface area contributed by atoms with E-state index >= 15 is 0 Å². The molecule has 1 saturated heterocycles. The Bertz CT molecular complexity index is 1140. The van der Waals surface area contributed by atoms with E-state index in [0.717, 1.165) is 41.4 Å². The van der Waals surface area contributed by atoms with E-state index in [2.05, 4.69) is 20.2 Å². The lowest BCUT2D eigenvalue weighted by molar-refractivity contribution is -0.116. The van der Waals surface area contributed by atoms with Crippen LogP contribution in [0, 0.1) is 20.8 Å². The van der Waals surface area contributed by atoms with Crippen LogP contribution >= 0.6 is 0 Å². The number of nitrogens with one attached hydrogen (secondary N) is 1. The molecule has 0 saturated carbocycles. The predicted octanol–water partition coefficient (Wildman–Crippen LogP) is 3.00. The Hall–Kier alpha value is -3.46. The number of carbonyl (C=O) groups excluding carboxylic acids is 1. The van der Waals surface area contributed by atoms with E-state index in [1.54, 1.807) is 13.4 Å². The second-order valence-corrected chi connectivity index (χ2v) is 8.15. The maximum Gasteiger partial charge on any atom is 0.224 e. The van der Waals surface area contributed by atoms with Crippen molar-refractivity contribution in [2.75, 3.05) is 43.6 Å². The maximum atomic E-state index is 12.7. The molecule has 1 aliphatic heterocycles. The molecule has 9 heteroatoms. The van der Waals surface area contributed by atoms with Crippen LogP contribution in [-0.2, 0) is 16.0 Å². The van der Waals surface area contributed by atoms with Gasteiger partial charge in [0.1, 0.15) is 17.9 Å². The average molecular weight is 451 g/mol. The molecule has 33 heavy (non-hydrogen) atoms. The van der Waals surface area contributed by atoms with Crippen LogP contribution in [0.1, 0.15) is 28.9 Å². The lowest BCUT2D eigenvalue weighted by Crippen LogP contribution is -2.36. The van der Waals surface area contributed by atoms with Gasteiger partial charge in [-0.1, -0.05) is 6.07 Å². The summed E-state index contributed by atoms with van der Waals surface area (Å²) >= 11 is 0. The van der Waals surface area contributed by atoms with Crippen molar-refractivity contribution in [3.05, 3.63) is 53.1 Å². The molecule has 1 fully saturated rings. The van der Waals surface area contributed by atoms with Gasteiger partial charge in [0.25, 0.3) is 0 Å². The molecule has 0 spiro atoms. The fourth-order valence-electron chi connectivity index (χ4n) is 4.05. The summed E-state index contributed by atoms with van der Waals surface area (Å²) in [6.45, 7) is 8.95. The van der Waals surface area contributed by atoms with Crippen molar-refractivity contribution in [1.29, 1.82) is 0 Å². The number of benzene rings is 1. The molecule has 4 rings (SSSR count). The second kappa shape index (κ2) is 9.99. The zero-order valence-corrected chi connectivity index (χ0v) is 19.6. The number of anilines is 2. The number of morpholine rings is 1. The third-order valence-corrected chi connectivity index (χ3v) is 5.86. The predicted molar refractivity (Wildman–Crippen MR) is 126 cm³/mol. The van der Waals surface area contributed by atoms with Crippen LogP contribution in [0.4, 0.5) is 11.5 Å². The lowest BCUT2D eigenvalue weighted by atomic mass is 10.1. The van der Waals surface area contributed by atoms with Crippen molar-refractivity contribution in [2.24, 2.45) is 0 Å². The highest BCUT2D eigenvalue weighted by atomic mass is 16.5. The summed E-state index contributed by atoms with van der Waals surface area (Å²) in [6.07, 6.45) is 2.49. The number of rotatable bonds is 7. The minimum Gasteiger partial charge on any atom is -0.495 e. The minimum atomic E-state index is -0.0675. The quantitative estimate of drug-likeness (QED) is 0.591. The summed E-state index contributed by atoms with van der Waals surface area (Å²) in [7, 11) is 1.60. The highest BCUT2D eigenvalue weighted by Gasteiger charge is 2.18. The van der Waals surface area contributed by atoms with Gasteiger partial charge in [0, 0.05) is 31.3 Å². The highest BCUT2D eigenvalue weighted by molar-refractivity contribution is 5.92. The molecule has 0 bridgehead atoms. The number of hydrogen-bond acceptors (Lipinski definition) is 7. The van der Waals surface area contributed by atoms with E-state index < -0.39 is 0 Å². The molecule has 1 aliphatic rings. The fourth-order valence-corrected chi connectivity index (χ4v) is 4.05. The molecule has 3 aromatic rings. The van der Waals surface area contributed by atoms with Crippen LogP contribution in [0.15, 0.2) is 30.6 Å². The van der Waals surface area contributed by atoms with E-state index in [4.69, 9.17) is 14.6 Å². The number of amides is 1. The standard InChI is InChI=1S/C24H30N6O3/c1-16-5-7-21(32-4)20(13-16)27-24(31)8-6-19-17(2)28-30(18(19)3)23-14-22(25-15-26-23)29-9-11-33-12-10-29/h5,7,13-15H,6,8-12H2,1-4H3,(H,27,31). The van der Waals surface area contributed by atoms with Gasteiger partial charge >= 0.3 is 0 Å². The van der Waals surface area contributed by atoms with Crippen molar-refractivity contribution in [1.82, 2.24) is 19.7 Å². The van der Waals surface area contributed by atoms with E-state index in [1.807, 2.05) is 49.7 Å². The van der Waals surface area contributed by atoms with Crippen LogP contribution < -0.4 is 15.0 Å². The zero-order valence-electron chi connectivity index (χ0n) is 19.6. The fraction of sp³-hybridized carbons (Fsp3) is 0.417. The second-order valence-electron chi connectivity index (χ2n) is 8.15. The third kappa shape index (κ3) is 5.14. The summed E-state index contributed by atoms with van der Waals surface area (Å²) in [6, 6.07) is 7.67. The first kappa shape index (κ1) is 22.7. The average Bonchev–Trinajstić information content (AvgIpc) is 3.11.